The number of phenols is 1. The molecule has 11 nitrogen and oxygen atoms in total. The number of pyridine rings is 1. The summed E-state index contributed by atoms with van der Waals surface area (Å²) in [6, 6.07) is 7.74. The van der Waals surface area contributed by atoms with E-state index in [1.807, 2.05) is 11.8 Å². The van der Waals surface area contributed by atoms with Crippen molar-refractivity contribution in [1.29, 1.82) is 5.26 Å². The molecule has 0 spiro atoms. The van der Waals surface area contributed by atoms with Gasteiger partial charge in [-0.1, -0.05) is 18.1 Å². The van der Waals surface area contributed by atoms with E-state index in [9.17, 15) is 24.3 Å². The Morgan fingerprint density at radius 2 is 1.98 bits per heavy atom. The van der Waals surface area contributed by atoms with Crippen LogP contribution < -0.4 is 15.0 Å². The molecule has 3 aliphatic rings. The van der Waals surface area contributed by atoms with Crippen molar-refractivity contribution in [2.24, 2.45) is 11.3 Å². The van der Waals surface area contributed by atoms with Crippen molar-refractivity contribution in [3.8, 4) is 41.4 Å². The van der Waals surface area contributed by atoms with E-state index in [1.54, 1.807) is 6.08 Å². The van der Waals surface area contributed by atoms with Gasteiger partial charge < -0.3 is 14.7 Å². The molecule has 52 heavy (non-hydrogen) atoms. The number of imide groups is 1. The van der Waals surface area contributed by atoms with Crippen molar-refractivity contribution in [2.75, 3.05) is 37.7 Å². The zero-order valence-corrected chi connectivity index (χ0v) is 28.7. The highest BCUT2D eigenvalue weighted by Gasteiger charge is 2.45. The first-order valence-electron chi connectivity index (χ1n) is 17.3. The number of terminal acetylenes is 1. The van der Waals surface area contributed by atoms with Crippen LogP contribution in [0.25, 0.3) is 32.9 Å². The number of amides is 2. The second-order valence-corrected chi connectivity index (χ2v) is 14.2. The Kier molecular flexibility index (Phi) is 9.24. The molecule has 0 bridgehead atoms. The minimum Gasteiger partial charge on any atom is -0.508 e. The summed E-state index contributed by atoms with van der Waals surface area (Å²) in [6.45, 7) is 4.81. The third-order valence-electron chi connectivity index (χ3n) is 10.8. The number of nitriles is 1. The summed E-state index contributed by atoms with van der Waals surface area (Å²) >= 11 is 0. The summed E-state index contributed by atoms with van der Waals surface area (Å²) in [4.78, 5) is 41.2. The monoisotopic (exact) mass is 705 g/mol. The Labute approximate surface area is 299 Å². The van der Waals surface area contributed by atoms with Crippen LogP contribution in [-0.2, 0) is 9.59 Å². The third-order valence-corrected chi connectivity index (χ3v) is 10.8. The normalized spacial score (nSPS) is 21.5. The van der Waals surface area contributed by atoms with E-state index < -0.39 is 23.0 Å². The van der Waals surface area contributed by atoms with Crippen LogP contribution in [0.3, 0.4) is 0 Å². The predicted octanol–water partition coefficient (Wildman–Crippen LogP) is 5.39. The number of hydrogen-bond donors (Lipinski definition) is 2. The molecule has 3 fully saturated rings. The lowest BCUT2D eigenvalue weighted by atomic mass is 9.80. The van der Waals surface area contributed by atoms with Crippen molar-refractivity contribution in [1.82, 2.24) is 25.2 Å². The molecule has 3 aliphatic heterocycles. The first-order valence-corrected chi connectivity index (χ1v) is 17.3. The molecule has 2 atom stereocenters. The first kappa shape index (κ1) is 34.8. The van der Waals surface area contributed by atoms with Crippen molar-refractivity contribution < 1.29 is 28.2 Å². The Morgan fingerprint density at radius 1 is 1.19 bits per heavy atom. The number of carbonyl (C=O) groups excluding carboxylic acids is 2. The Morgan fingerprint density at radius 3 is 2.71 bits per heavy atom. The number of nitrogens with one attached hydrogen (secondary N) is 1. The van der Waals surface area contributed by atoms with Gasteiger partial charge in [0.2, 0.25) is 12.3 Å². The number of benzene rings is 2. The molecular weight excluding hydrogens is 668 g/mol. The minimum atomic E-state index is -0.842. The maximum absolute atomic E-state index is 17.1. The highest BCUT2D eigenvalue weighted by atomic mass is 19.1. The zero-order valence-electron chi connectivity index (χ0n) is 28.7. The maximum Gasteiger partial charge on any atom is 0.319 e. The Hall–Kier alpha value is -5.66. The summed E-state index contributed by atoms with van der Waals surface area (Å²) in [5.74, 6) is 0.0754. The van der Waals surface area contributed by atoms with E-state index in [0.29, 0.717) is 50.2 Å². The van der Waals surface area contributed by atoms with E-state index in [1.165, 1.54) is 36.5 Å². The van der Waals surface area contributed by atoms with E-state index >= 15 is 4.39 Å². The quantitative estimate of drug-likeness (QED) is 0.139. The molecule has 0 saturated carbocycles. The summed E-state index contributed by atoms with van der Waals surface area (Å²) in [5.41, 5.74) is -1.20. The molecule has 4 aromatic rings. The number of halogens is 2. The molecular formula is C39H37F2N7O4. The molecule has 7 rings (SSSR count). The van der Waals surface area contributed by atoms with Gasteiger partial charge in [-0.3, -0.25) is 24.8 Å². The van der Waals surface area contributed by atoms with Crippen LogP contribution in [0.4, 0.5) is 14.6 Å². The third kappa shape index (κ3) is 6.37. The van der Waals surface area contributed by atoms with Crippen LogP contribution in [0.15, 0.2) is 42.6 Å². The molecule has 0 aliphatic carbocycles. The fraction of sp³-hybridized carbons (Fsp3) is 0.385. The largest absolute Gasteiger partial charge is 0.508 e. The van der Waals surface area contributed by atoms with Crippen LogP contribution >= 0.6 is 0 Å². The summed E-state index contributed by atoms with van der Waals surface area (Å²) in [6.07, 6.45) is 15.3. The fourth-order valence-electron chi connectivity index (χ4n) is 8.18. The number of aromatic nitrogens is 3. The lowest BCUT2D eigenvalue weighted by Crippen LogP contribution is -2.43. The Balaban J connectivity index is 1.38. The standard InChI is InChI=1S/C39H37F2N7O4/c1-3-27-30(40)8-7-25-16-26(50)17-28(32(25)27)34-33(41)35-29(19-43-34)36(46-37(45-35)52-22-39-10-4-13-48(39)14-5-11-39)47-15-12-38(2,21-42)18-24(20-47)6-9-31(51)44-23-49/h1,6-9,16-17,19,23-24,50H,4-5,10-15,18,20,22H2,2H3,(H,44,49,51)/t24-,38+/m0/s1. The van der Waals surface area contributed by atoms with Gasteiger partial charge >= 0.3 is 6.01 Å². The number of ether oxygens (including phenoxy) is 1. The van der Waals surface area contributed by atoms with Crippen molar-refractivity contribution in [2.45, 2.75) is 51.0 Å². The SMILES string of the molecule is C#Cc1c(F)ccc2cc(O)cc(-c3ncc4c(N5CC[C@@](C)(C#N)C[C@H](C=CC(=O)NC=O)C5)nc(OCC56CCCN5CCC6)nc4c3F)c12. The van der Waals surface area contributed by atoms with Crippen LogP contribution in [0, 0.1) is 46.6 Å². The molecule has 5 heterocycles. The van der Waals surface area contributed by atoms with Crippen molar-refractivity contribution >= 4 is 39.8 Å². The highest BCUT2D eigenvalue weighted by molar-refractivity contribution is 6.03. The lowest BCUT2D eigenvalue weighted by molar-refractivity contribution is -0.121. The molecule has 0 radical (unpaired) electrons. The minimum absolute atomic E-state index is 0.0347. The van der Waals surface area contributed by atoms with Crippen LogP contribution in [0.5, 0.6) is 11.8 Å². The molecule has 266 valence electrons. The van der Waals surface area contributed by atoms with Gasteiger partial charge in [0.15, 0.2) is 5.82 Å². The van der Waals surface area contributed by atoms with Crippen molar-refractivity contribution in [3.05, 3.63) is 59.8 Å². The average molecular weight is 706 g/mol. The molecule has 13 heteroatoms. The second kappa shape index (κ2) is 13.8. The van der Waals surface area contributed by atoms with Crippen LogP contribution in [0.2, 0.25) is 0 Å². The summed E-state index contributed by atoms with van der Waals surface area (Å²) in [5, 5.41) is 23.7. The highest BCUT2D eigenvalue weighted by Crippen LogP contribution is 2.42. The van der Waals surface area contributed by atoms with Gasteiger partial charge in [-0.25, -0.2) is 8.78 Å². The maximum atomic E-state index is 17.1. The fourth-order valence-corrected chi connectivity index (χ4v) is 8.18. The molecule has 2 aromatic carbocycles. The second-order valence-electron chi connectivity index (χ2n) is 14.2. The van der Waals surface area contributed by atoms with E-state index in [2.05, 4.69) is 32.2 Å². The van der Waals surface area contributed by atoms with Gasteiger partial charge in [-0.05, 0) is 94.1 Å². The van der Waals surface area contributed by atoms with Gasteiger partial charge in [0.25, 0.3) is 0 Å². The average Bonchev–Trinajstić information content (AvgIpc) is 3.67. The summed E-state index contributed by atoms with van der Waals surface area (Å²) < 4.78 is 38.4. The van der Waals surface area contributed by atoms with E-state index in [0.717, 1.165) is 38.8 Å². The zero-order chi connectivity index (χ0) is 36.6. The van der Waals surface area contributed by atoms with Crippen LogP contribution in [0.1, 0.15) is 51.0 Å². The van der Waals surface area contributed by atoms with Gasteiger partial charge in [0, 0.05) is 30.2 Å². The number of anilines is 1. The molecule has 2 amide bonds. The molecule has 2 N–H and O–H groups in total. The molecule has 2 aromatic heterocycles. The van der Waals surface area contributed by atoms with Gasteiger partial charge in [0.1, 0.15) is 35.2 Å². The van der Waals surface area contributed by atoms with Gasteiger partial charge in [-0.2, -0.15) is 15.2 Å². The smallest absolute Gasteiger partial charge is 0.319 e. The molecule has 0 unspecified atom stereocenters. The van der Waals surface area contributed by atoms with Crippen LogP contribution in [-0.4, -0.2) is 75.6 Å². The number of carbonyl (C=O) groups is 2. The number of fused-ring (bicyclic) bond motifs is 3. The predicted molar refractivity (Wildman–Crippen MR) is 190 cm³/mol. The Bertz CT molecular complexity index is 2200. The number of phenolic OH excluding ortho intramolecular Hbond substituents is 1. The first-order chi connectivity index (χ1) is 25.1. The number of hydrogen-bond acceptors (Lipinski definition) is 10. The van der Waals surface area contributed by atoms with Crippen molar-refractivity contribution in [3.63, 3.8) is 0 Å². The van der Waals surface area contributed by atoms with Gasteiger partial charge in [0.05, 0.1) is 28.0 Å². The van der Waals surface area contributed by atoms with Gasteiger partial charge in [-0.15, -0.1) is 6.42 Å². The van der Waals surface area contributed by atoms with E-state index in [4.69, 9.17) is 16.1 Å². The number of rotatable bonds is 8. The molecule has 3 saturated heterocycles. The topological polar surface area (TPSA) is 145 Å². The lowest BCUT2D eigenvalue weighted by Gasteiger charge is -2.31. The number of nitrogens with zero attached hydrogens (tertiary/aromatic N) is 6. The van der Waals surface area contributed by atoms with E-state index in [-0.39, 0.29) is 56.3 Å². The summed E-state index contributed by atoms with van der Waals surface area (Å²) in [7, 11) is 0. The number of aromatic hydroxyl groups is 1.